The van der Waals surface area contributed by atoms with Gasteiger partial charge >= 0.3 is 0 Å². The molecule has 0 aliphatic heterocycles. The largest absolute Gasteiger partial charge is 0.359 e. The highest BCUT2D eigenvalue weighted by molar-refractivity contribution is 5.80. The molecule has 16 heavy (non-hydrogen) atoms. The van der Waals surface area contributed by atoms with Crippen LogP contribution in [-0.2, 0) is 0 Å². The number of hydrogen-bond donors (Lipinski definition) is 1. The maximum atomic E-state index is 3.29. The fourth-order valence-electron chi connectivity index (χ4n) is 1.40. The second-order valence-corrected chi connectivity index (χ2v) is 3.75. The molecule has 1 aromatic carbocycles. The Hall–Kier alpha value is -1.24. The van der Waals surface area contributed by atoms with Crippen molar-refractivity contribution in [1.82, 2.24) is 4.98 Å². The van der Waals surface area contributed by atoms with Crippen LogP contribution in [0.5, 0.6) is 0 Å². The highest BCUT2D eigenvalue weighted by Gasteiger charge is 1.95. The first-order valence-corrected chi connectivity index (χ1v) is 6.23. The average Bonchev–Trinajstić information content (AvgIpc) is 2.61. The highest BCUT2D eigenvalue weighted by atomic mass is 14.7. The Balaban J connectivity index is 0. The van der Waals surface area contributed by atoms with Gasteiger partial charge in [-0.1, -0.05) is 45.7 Å². The van der Waals surface area contributed by atoms with Crippen LogP contribution in [0.4, 0.5) is 0 Å². The molecule has 0 aliphatic carbocycles. The minimum absolute atomic E-state index is 0. The van der Waals surface area contributed by atoms with Gasteiger partial charge in [0.2, 0.25) is 0 Å². The predicted octanol–water partition coefficient (Wildman–Crippen LogP) is 5.47. The van der Waals surface area contributed by atoms with Crippen molar-refractivity contribution in [1.29, 1.82) is 0 Å². The molecule has 2 rings (SSSR count). The van der Waals surface area contributed by atoms with E-state index in [1.807, 2.05) is 13.8 Å². The Morgan fingerprint density at radius 1 is 1.06 bits per heavy atom. The summed E-state index contributed by atoms with van der Waals surface area (Å²) in [5.41, 5.74) is 3.77. The minimum Gasteiger partial charge on any atom is -0.359 e. The highest BCUT2D eigenvalue weighted by Crippen LogP contribution is 2.15. The molecule has 1 heteroatoms. The third-order valence-electron chi connectivity index (χ3n) is 1.91. The molecule has 92 valence electrons. The second kappa shape index (κ2) is 7.98. The Morgan fingerprint density at radius 2 is 1.62 bits per heavy atom. The number of rotatable bonds is 0. The zero-order valence-electron chi connectivity index (χ0n) is 11.5. The van der Waals surface area contributed by atoms with Crippen LogP contribution in [0.3, 0.4) is 0 Å². The van der Waals surface area contributed by atoms with Crippen LogP contribution < -0.4 is 0 Å². The number of aromatic nitrogens is 1. The van der Waals surface area contributed by atoms with Crippen molar-refractivity contribution in [3.05, 3.63) is 35.5 Å². The van der Waals surface area contributed by atoms with E-state index in [4.69, 9.17) is 0 Å². The zero-order chi connectivity index (χ0) is 12.6. The van der Waals surface area contributed by atoms with Crippen molar-refractivity contribution >= 4 is 10.9 Å². The molecule has 0 fully saturated rings. The molecule has 1 aromatic heterocycles. The summed E-state index contributed by atoms with van der Waals surface area (Å²) < 4.78 is 0. The van der Waals surface area contributed by atoms with E-state index in [1.54, 1.807) is 0 Å². The maximum absolute atomic E-state index is 3.29. The fourth-order valence-corrected chi connectivity index (χ4v) is 1.40. The second-order valence-electron chi connectivity index (χ2n) is 3.75. The normalized spacial score (nSPS) is 8.88. The van der Waals surface area contributed by atoms with Gasteiger partial charge in [0.1, 0.15) is 0 Å². The van der Waals surface area contributed by atoms with Gasteiger partial charge in [0.25, 0.3) is 0 Å². The van der Waals surface area contributed by atoms with Crippen LogP contribution in [-0.4, -0.2) is 4.98 Å². The van der Waals surface area contributed by atoms with Crippen LogP contribution in [0.15, 0.2) is 24.3 Å². The number of nitrogens with one attached hydrogen (secondary N) is 1. The first kappa shape index (κ1) is 14.8. The number of aromatic amines is 1. The standard InChI is InChI=1S/C10H11N.C3H8.C2H6.H2/c1-7-3-4-10-9(5-7)6-8(2)11-10;1-3-2;1-2;/h3-6,11H,1-2H3;3H2,1-2H3;1-2H3;1H. The summed E-state index contributed by atoms with van der Waals surface area (Å²) in [6.07, 6.45) is 1.25. The maximum Gasteiger partial charge on any atom is 0.0456 e. The van der Waals surface area contributed by atoms with E-state index in [1.165, 1.54) is 28.6 Å². The van der Waals surface area contributed by atoms with Gasteiger partial charge in [-0.25, -0.2) is 0 Å². The summed E-state index contributed by atoms with van der Waals surface area (Å²) in [6, 6.07) is 8.61. The van der Waals surface area contributed by atoms with Gasteiger partial charge < -0.3 is 4.98 Å². The number of aryl methyl sites for hydroxylation is 2. The third-order valence-corrected chi connectivity index (χ3v) is 1.91. The van der Waals surface area contributed by atoms with Gasteiger partial charge in [0.05, 0.1) is 0 Å². The lowest BCUT2D eigenvalue weighted by Crippen LogP contribution is -1.70. The zero-order valence-corrected chi connectivity index (χ0v) is 11.5. The average molecular weight is 221 g/mol. The molecular formula is C15H27N. The van der Waals surface area contributed by atoms with E-state index >= 15 is 0 Å². The van der Waals surface area contributed by atoms with Crippen molar-refractivity contribution in [2.75, 3.05) is 0 Å². The SMILES string of the molecule is CC.CCC.Cc1ccc2[nH]c(C)cc2c1.[HH]. The van der Waals surface area contributed by atoms with E-state index in [0.717, 1.165) is 0 Å². The molecular weight excluding hydrogens is 194 g/mol. The number of fused-ring (bicyclic) bond motifs is 1. The van der Waals surface area contributed by atoms with Crippen molar-refractivity contribution < 1.29 is 1.43 Å². The Bertz CT molecular complexity index is 404. The number of hydrogen-bond acceptors (Lipinski definition) is 0. The smallest absolute Gasteiger partial charge is 0.0456 e. The van der Waals surface area contributed by atoms with Crippen LogP contribution in [0.1, 0.15) is 46.8 Å². The van der Waals surface area contributed by atoms with Crippen molar-refractivity contribution in [3.8, 4) is 0 Å². The van der Waals surface area contributed by atoms with E-state index < -0.39 is 0 Å². The molecule has 0 atom stereocenters. The Labute approximate surface area is 101 Å². The molecule has 0 amide bonds. The van der Waals surface area contributed by atoms with Gasteiger partial charge in [0.15, 0.2) is 0 Å². The van der Waals surface area contributed by atoms with Crippen molar-refractivity contribution in [2.45, 2.75) is 48.0 Å². The molecule has 1 N–H and O–H groups in total. The summed E-state index contributed by atoms with van der Waals surface area (Å²) in [6.45, 7) is 12.4. The third kappa shape index (κ3) is 4.52. The first-order valence-electron chi connectivity index (χ1n) is 6.23. The van der Waals surface area contributed by atoms with Crippen LogP contribution in [0, 0.1) is 13.8 Å². The molecule has 0 bridgehead atoms. The molecule has 0 saturated heterocycles. The molecule has 0 saturated carbocycles. The lowest BCUT2D eigenvalue weighted by molar-refractivity contribution is 1.09. The Morgan fingerprint density at radius 3 is 2.19 bits per heavy atom. The molecule has 0 spiro atoms. The van der Waals surface area contributed by atoms with Crippen LogP contribution >= 0.6 is 0 Å². The summed E-state index contributed by atoms with van der Waals surface area (Å²) in [7, 11) is 0. The first-order chi connectivity index (χ1) is 7.67. The number of benzene rings is 1. The lowest BCUT2D eigenvalue weighted by Gasteiger charge is -1.90. The molecule has 0 unspecified atom stereocenters. The Kier molecular flexibility index (Phi) is 7.36. The minimum atomic E-state index is 0. The topological polar surface area (TPSA) is 15.8 Å². The summed E-state index contributed by atoms with van der Waals surface area (Å²) in [5, 5.41) is 1.31. The summed E-state index contributed by atoms with van der Waals surface area (Å²) >= 11 is 0. The number of H-pyrrole nitrogens is 1. The predicted molar refractivity (Wildman–Crippen MR) is 77.2 cm³/mol. The van der Waals surface area contributed by atoms with Crippen LogP contribution in [0.2, 0.25) is 0 Å². The molecule has 0 radical (unpaired) electrons. The van der Waals surface area contributed by atoms with Gasteiger partial charge in [-0.2, -0.15) is 0 Å². The monoisotopic (exact) mass is 221 g/mol. The van der Waals surface area contributed by atoms with Crippen LogP contribution in [0.25, 0.3) is 10.9 Å². The van der Waals surface area contributed by atoms with Gasteiger partial charge in [0, 0.05) is 12.6 Å². The fraction of sp³-hybridized carbons (Fsp3) is 0.467. The van der Waals surface area contributed by atoms with Gasteiger partial charge in [-0.15, -0.1) is 0 Å². The summed E-state index contributed by atoms with van der Waals surface area (Å²) in [4.78, 5) is 3.29. The molecule has 1 nitrogen and oxygen atoms in total. The van der Waals surface area contributed by atoms with E-state index in [-0.39, 0.29) is 1.43 Å². The molecule has 1 heterocycles. The van der Waals surface area contributed by atoms with E-state index in [2.05, 4.69) is 56.9 Å². The quantitative estimate of drug-likeness (QED) is 0.607. The van der Waals surface area contributed by atoms with Gasteiger partial charge in [-0.05, 0) is 37.4 Å². The molecule has 2 aromatic rings. The molecule has 0 aliphatic rings. The van der Waals surface area contributed by atoms with Gasteiger partial charge in [-0.3, -0.25) is 0 Å². The lowest BCUT2D eigenvalue weighted by atomic mass is 10.2. The van der Waals surface area contributed by atoms with E-state index in [0.29, 0.717) is 0 Å². The van der Waals surface area contributed by atoms with E-state index in [9.17, 15) is 0 Å². The van der Waals surface area contributed by atoms with Crippen molar-refractivity contribution in [3.63, 3.8) is 0 Å². The summed E-state index contributed by atoms with van der Waals surface area (Å²) in [5.74, 6) is 0. The van der Waals surface area contributed by atoms with Crippen molar-refractivity contribution in [2.24, 2.45) is 0 Å².